The van der Waals surface area contributed by atoms with Crippen LogP contribution >= 0.6 is 12.4 Å². The van der Waals surface area contributed by atoms with Crippen LogP contribution in [0.2, 0.25) is 0 Å². The molecular weight excluding hydrogens is 186 g/mol. The molecule has 0 heterocycles. The van der Waals surface area contributed by atoms with E-state index in [1.807, 2.05) is 0 Å². The van der Waals surface area contributed by atoms with E-state index in [1.54, 1.807) is 7.11 Å². The van der Waals surface area contributed by atoms with Crippen LogP contribution in [0.3, 0.4) is 0 Å². The third-order valence-corrected chi connectivity index (χ3v) is 2.00. The van der Waals surface area contributed by atoms with Crippen molar-refractivity contribution in [3.63, 3.8) is 0 Å². The van der Waals surface area contributed by atoms with E-state index in [0.717, 1.165) is 12.8 Å². The first-order valence-electron chi connectivity index (χ1n) is 4.92. The van der Waals surface area contributed by atoms with Crippen molar-refractivity contribution in [2.24, 2.45) is 0 Å². The van der Waals surface area contributed by atoms with Crippen LogP contribution in [0.15, 0.2) is 0 Å². The molecule has 0 spiro atoms. The maximum absolute atomic E-state index is 7.23. The van der Waals surface area contributed by atoms with Gasteiger partial charge in [0.2, 0.25) is 0 Å². The smallest absolute Gasteiger partial charge is 0.180 e. The Morgan fingerprint density at radius 1 is 1.08 bits per heavy atom. The van der Waals surface area contributed by atoms with Crippen molar-refractivity contribution in [3.8, 4) is 0 Å². The summed E-state index contributed by atoms with van der Waals surface area (Å²) in [5.74, 6) is 0.422. The molecule has 0 radical (unpaired) electrons. The Labute approximate surface area is 88.0 Å². The predicted octanol–water partition coefficient (Wildman–Crippen LogP) is 3.78. The molecule has 0 bridgehead atoms. The van der Waals surface area contributed by atoms with Crippen LogP contribution in [-0.4, -0.2) is 13.0 Å². The van der Waals surface area contributed by atoms with Crippen LogP contribution in [0.25, 0.3) is 0 Å². The lowest BCUT2D eigenvalue weighted by molar-refractivity contribution is 0.382. The lowest BCUT2D eigenvalue weighted by Gasteiger charge is -2.01. The van der Waals surface area contributed by atoms with E-state index in [9.17, 15) is 0 Å². The van der Waals surface area contributed by atoms with Crippen molar-refractivity contribution in [2.75, 3.05) is 7.11 Å². The molecule has 0 aromatic carbocycles. The van der Waals surface area contributed by atoms with Crippen molar-refractivity contribution >= 4 is 18.3 Å². The maximum atomic E-state index is 7.23. The van der Waals surface area contributed by atoms with Gasteiger partial charge in [-0.2, -0.15) is 0 Å². The molecular formula is C10H22ClNO. The first kappa shape index (κ1) is 15.2. The van der Waals surface area contributed by atoms with Gasteiger partial charge in [0, 0.05) is 6.42 Å². The molecule has 3 heteroatoms. The Balaban J connectivity index is 0. The summed E-state index contributed by atoms with van der Waals surface area (Å²) in [6.45, 7) is 2.22. The quantitative estimate of drug-likeness (QED) is 0.385. The van der Waals surface area contributed by atoms with Crippen LogP contribution in [0.5, 0.6) is 0 Å². The first-order chi connectivity index (χ1) is 5.81. The molecule has 2 nitrogen and oxygen atoms in total. The largest absolute Gasteiger partial charge is 0.484 e. The summed E-state index contributed by atoms with van der Waals surface area (Å²) in [6.07, 6.45) is 8.46. The lowest BCUT2D eigenvalue weighted by Crippen LogP contribution is -1.97. The lowest BCUT2D eigenvalue weighted by atomic mass is 10.1. The molecule has 0 fully saturated rings. The minimum Gasteiger partial charge on any atom is -0.484 e. The molecule has 0 aromatic heterocycles. The molecule has 0 amide bonds. The summed E-state index contributed by atoms with van der Waals surface area (Å²) in [5, 5.41) is 7.23. The van der Waals surface area contributed by atoms with E-state index < -0.39 is 0 Å². The summed E-state index contributed by atoms with van der Waals surface area (Å²) in [7, 11) is 1.57. The Bertz CT molecular complexity index is 117. The molecule has 0 saturated heterocycles. The Morgan fingerprint density at radius 2 is 1.62 bits per heavy atom. The summed E-state index contributed by atoms with van der Waals surface area (Å²) >= 11 is 0. The average molecular weight is 208 g/mol. The number of unbranched alkanes of at least 4 members (excludes halogenated alkanes) is 5. The van der Waals surface area contributed by atoms with E-state index in [1.165, 1.54) is 32.1 Å². The van der Waals surface area contributed by atoms with Crippen molar-refractivity contribution < 1.29 is 4.74 Å². The van der Waals surface area contributed by atoms with Crippen molar-refractivity contribution in [1.82, 2.24) is 0 Å². The Kier molecular flexibility index (Phi) is 13.8. The van der Waals surface area contributed by atoms with Gasteiger partial charge in [-0.25, -0.2) is 0 Å². The van der Waals surface area contributed by atoms with Crippen molar-refractivity contribution in [1.29, 1.82) is 5.41 Å². The molecule has 0 saturated carbocycles. The van der Waals surface area contributed by atoms with Crippen LogP contribution in [0, 0.1) is 5.41 Å². The highest BCUT2D eigenvalue weighted by atomic mass is 35.5. The van der Waals surface area contributed by atoms with Crippen LogP contribution < -0.4 is 0 Å². The second kappa shape index (κ2) is 11.8. The molecule has 0 rings (SSSR count). The highest BCUT2D eigenvalue weighted by molar-refractivity contribution is 5.85. The van der Waals surface area contributed by atoms with E-state index in [4.69, 9.17) is 10.1 Å². The summed E-state index contributed by atoms with van der Waals surface area (Å²) < 4.78 is 4.76. The summed E-state index contributed by atoms with van der Waals surface area (Å²) in [4.78, 5) is 0. The standard InChI is InChI=1S/C10H21NO.ClH/c1-3-4-5-6-7-8-9-10(11)12-2;/h11H,3-9H2,1-2H3;1H. The third-order valence-electron chi connectivity index (χ3n) is 2.00. The van der Waals surface area contributed by atoms with Gasteiger partial charge in [0.25, 0.3) is 0 Å². The number of rotatable bonds is 7. The van der Waals surface area contributed by atoms with E-state index >= 15 is 0 Å². The van der Waals surface area contributed by atoms with Crippen LogP contribution in [0.4, 0.5) is 0 Å². The van der Waals surface area contributed by atoms with Crippen LogP contribution in [-0.2, 0) is 4.74 Å². The van der Waals surface area contributed by atoms with E-state index in [2.05, 4.69) is 6.92 Å². The van der Waals surface area contributed by atoms with Gasteiger partial charge in [0.1, 0.15) is 0 Å². The van der Waals surface area contributed by atoms with Gasteiger partial charge in [0.15, 0.2) is 5.90 Å². The Hall–Kier alpha value is -0.240. The average Bonchev–Trinajstić information content (AvgIpc) is 2.10. The number of halogens is 1. The van der Waals surface area contributed by atoms with Crippen molar-refractivity contribution in [3.05, 3.63) is 0 Å². The van der Waals surface area contributed by atoms with Gasteiger partial charge >= 0.3 is 0 Å². The monoisotopic (exact) mass is 207 g/mol. The summed E-state index contributed by atoms with van der Waals surface area (Å²) in [6, 6.07) is 0. The maximum Gasteiger partial charge on any atom is 0.180 e. The van der Waals surface area contributed by atoms with Crippen molar-refractivity contribution in [2.45, 2.75) is 51.9 Å². The molecule has 0 aliphatic heterocycles. The molecule has 0 aromatic rings. The number of nitrogens with one attached hydrogen (secondary N) is 1. The molecule has 0 aliphatic carbocycles. The van der Waals surface area contributed by atoms with Gasteiger partial charge in [0.05, 0.1) is 7.11 Å². The molecule has 1 N–H and O–H groups in total. The molecule has 0 atom stereocenters. The fourth-order valence-electron chi connectivity index (χ4n) is 1.17. The highest BCUT2D eigenvalue weighted by Gasteiger charge is 1.94. The molecule has 13 heavy (non-hydrogen) atoms. The second-order valence-corrected chi connectivity index (χ2v) is 3.15. The van der Waals surface area contributed by atoms with E-state index in [0.29, 0.717) is 5.90 Å². The van der Waals surface area contributed by atoms with Gasteiger partial charge in [-0.3, -0.25) is 5.41 Å². The zero-order valence-electron chi connectivity index (χ0n) is 8.77. The molecule has 80 valence electrons. The number of hydrogen-bond donors (Lipinski definition) is 1. The summed E-state index contributed by atoms with van der Waals surface area (Å²) in [5.41, 5.74) is 0. The third kappa shape index (κ3) is 11.8. The van der Waals surface area contributed by atoms with Gasteiger partial charge in [-0.1, -0.05) is 39.0 Å². The second-order valence-electron chi connectivity index (χ2n) is 3.15. The zero-order chi connectivity index (χ0) is 9.23. The fraction of sp³-hybridized carbons (Fsp3) is 0.900. The molecule has 0 aliphatic rings. The fourth-order valence-corrected chi connectivity index (χ4v) is 1.17. The topological polar surface area (TPSA) is 33.1 Å². The van der Waals surface area contributed by atoms with Gasteiger partial charge < -0.3 is 4.74 Å². The number of ether oxygens (including phenoxy) is 1. The van der Waals surface area contributed by atoms with Crippen LogP contribution in [0.1, 0.15) is 51.9 Å². The minimum absolute atomic E-state index is 0. The zero-order valence-corrected chi connectivity index (χ0v) is 9.58. The Morgan fingerprint density at radius 3 is 2.15 bits per heavy atom. The molecule has 0 unspecified atom stereocenters. The van der Waals surface area contributed by atoms with E-state index in [-0.39, 0.29) is 12.4 Å². The van der Waals surface area contributed by atoms with Gasteiger partial charge in [-0.15, -0.1) is 12.4 Å². The number of methoxy groups -OCH3 is 1. The highest BCUT2D eigenvalue weighted by Crippen LogP contribution is 2.06. The SMILES string of the molecule is CCCCCCCCC(=N)OC.Cl. The first-order valence-corrected chi connectivity index (χ1v) is 4.92. The predicted molar refractivity (Wildman–Crippen MR) is 60.0 cm³/mol. The van der Waals surface area contributed by atoms with Gasteiger partial charge in [-0.05, 0) is 6.42 Å². The minimum atomic E-state index is 0. The number of hydrogen-bond acceptors (Lipinski definition) is 2. The normalized spacial score (nSPS) is 9.08.